The van der Waals surface area contributed by atoms with Crippen LogP contribution < -0.4 is 10.5 Å². The van der Waals surface area contributed by atoms with Crippen LogP contribution in [-0.4, -0.2) is 17.4 Å². The summed E-state index contributed by atoms with van der Waals surface area (Å²) in [4.78, 5) is 3.96. The molecule has 0 amide bonds. The Morgan fingerprint density at radius 2 is 2.36 bits per heavy atom. The highest BCUT2D eigenvalue weighted by Crippen LogP contribution is 2.15. The molecule has 4 nitrogen and oxygen atoms in total. The van der Waals surface area contributed by atoms with Crippen LogP contribution >= 0.6 is 15.9 Å². The van der Waals surface area contributed by atoms with Crippen molar-refractivity contribution in [3.05, 3.63) is 22.9 Å². The van der Waals surface area contributed by atoms with Gasteiger partial charge in [0.1, 0.15) is 5.75 Å². The van der Waals surface area contributed by atoms with Crippen molar-refractivity contribution >= 4 is 21.8 Å². The Morgan fingerprint density at radius 3 is 3.00 bits per heavy atom. The van der Waals surface area contributed by atoms with Crippen LogP contribution in [0.25, 0.3) is 0 Å². The molecule has 1 aromatic heterocycles. The van der Waals surface area contributed by atoms with Gasteiger partial charge < -0.3 is 10.5 Å². The Kier molecular flexibility index (Phi) is 4.39. The van der Waals surface area contributed by atoms with Crippen molar-refractivity contribution in [1.29, 1.82) is 5.41 Å². The van der Waals surface area contributed by atoms with E-state index in [0.29, 0.717) is 13.0 Å². The van der Waals surface area contributed by atoms with Gasteiger partial charge in [0.05, 0.1) is 18.6 Å². The van der Waals surface area contributed by atoms with E-state index in [0.717, 1.165) is 16.6 Å². The van der Waals surface area contributed by atoms with Gasteiger partial charge in [0.25, 0.3) is 0 Å². The number of nitrogens with zero attached hydrogens (tertiary/aromatic N) is 1. The van der Waals surface area contributed by atoms with E-state index in [-0.39, 0.29) is 5.84 Å². The largest absolute Gasteiger partial charge is 0.492 e. The molecule has 5 heteroatoms. The molecule has 0 bridgehead atoms. The Labute approximate surface area is 91.1 Å². The smallest absolute Gasteiger partial charge is 0.138 e. The number of halogens is 1. The molecule has 1 rings (SSSR count). The molecule has 1 aromatic rings. The standard InChI is InChI=1S/C9H12BrN3O/c10-7-4-8(6-13-5-7)14-3-1-2-9(11)12/h4-6H,1-3H2,(H3,11,12). The molecular weight excluding hydrogens is 246 g/mol. The van der Waals surface area contributed by atoms with Crippen molar-refractivity contribution < 1.29 is 4.74 Å². The third-order valence-electron chi connectivity index (χ3n) is 1.54. The second-order valence-corrected chi connectivity index (χ2v) is 3.73. The van der Waals surface area contributed by atoms with E-state index in [4.69, 9.17) is 15.9 Å². The van der Waals surface area contributed by atoms with Crippen molar-refractivity contribution in [3.63, 3.8) is 0 Å². The predicted molar refractivity (Wildman–Crippen MR) is 58.6 cm³/mol. The topological polar surface area (TPSA) is 72.0 Å². The second kappa shape index (κ2) is 5.59. The van der Waals surface area contributed by atoms with Crippen LogP contribution in [0, 0.1) is 5.41 Å². The molecular formula is C9H12BrN3O. The Balaban J connectivity index is 2.28. The first kappa shape index (κ1) is 11.0. The lowest BCUT2D eigenvalue weighted by Gasteiger charge is -2.04. The molecule has 0 aliphatic carbocycles. The van der Waals surface area contributed by atoms with Crippen molar-refractivity contribution in [3.8, 4) is 5.75 Å². The van der Waals surface area contributed by atoms with Gasteiger partial charge in [-0.1, -0.05) is 0 Å². The van der Waals surface area contributed by atoms with Gasteiger partial charge in [-0.2, -0.15) is 0 Å². The molecule has 0 fully saturated rings. The van der Waals surface area contributed by atoms with Gasteiger partial charge in [0, 0.05) is 17.1 Å². The molecule has 0 saturated carbocycles. The second-order valence-electron chi connectivity index (χ2n) is 2.82. The fourth-order valence-electron chi connectivity index (χ4n) is 0.924. The minimum Gasteiger partial charge on any atom is -0.492 e. The number of pyridine rings is 1. The number of ether oxygens (including phenoxy) is 1. The van der Waals surface area contributed by atoms with Crippen LogP contribution in [0.2, 0.25) is 0 Å². The average Bonchev–Trinajstić information content (AvgIpc) is 2.12. The number of nitrogens with one attached hydrogen (secondary N) is 1. The molecule has 0 spiro atoms. The van der Waals surface area contributed by atoms with E-state index < -0.39 is 0 Å². The summed E-state index contributed by atoms with van der Waals surface area (Å²) in [5.74, 6) is 0.920. The van der Waals surface area contributed by atoms with Crippen molar-refractivity contribution in [2.24, 2.45) is 5.73 Å². The zero-order valence-electron chi connectivity index (χ0n) is 7.66. The van der Waals surface area contributed by atoms with E-state index in [1.165, 1.54) is 0 Å². The van der Waals surface area contributed by atoms with E-state index in [9.17, 15) is 0 Å². The number of nitrogens with two attached hydrogens (primary N) is 1. The lowest BCUT2D eigenvalue weighted by molar-refractivity contribution is 0.312. The maximum absolute atomic E-state index is 7.01. The summed E-state index contributed by atoms with van der Waals surface area (Å²) in [5, 5.41) is 7.01. The van der Waals surface area contributed by atoms with Gasteiger partial charge in [-0.3, -0.25) is 10.4 Å². The first-order valence-corrected chi connectivity index (χ1v) is 5.04. The minimum absolute atomic E-state index is 0.195. The summed E-state index contributed by atoms with van der Waals surface area (Å²) in [6.45, 7) is 0.553. The lowest BCUT2D eigenvalue weighted by atomic mass is 10.3. The first-order valence-electron chi connectivity index (χ1n) is 4.25. The quantitative estimate of drug-likeness (QED) is 0.481. The summed E-state index contributed by atoms with van der Waals surface area (Å²) < 4.78 is 6.28. The summed E-state index contributed by atoms with van der Waals surface area (Å²) in [5.41, 5.74) is 5.20. The fourth-order valence-corrected chi connectivity index (χ4v) is 1.27. The van der Waals surface area contributed by atoms with Gasteiger partial charge in [0.2, 0.25) is 0 Å². The van der Waals surface area contributed by atoms with Crippen LogP contribution in [0.4, 0.5) is 0 Å². The van der Waals surface area contributed by atoms with E-state index in [1.54, 1.807) is 12.4 Å². The van der Waals surface area contributed by atoms with Crippen LogP contribution in [0.3, 0.4) is 0 Å². The number of hydrogen-bond acceptors (Lipinski definition) is 3. The lowest BCUT2D eigenvalue weighted by Crippen LogP contribution is -2.10. The van der Waals surface area contributed by atoms with Crippen molar-refractivity contribution in [1.82, 2.24) is 4.98 Å². The Hall–Kier alpha value is -1.10. The molecule has 0 unspecified atom stereocenters. The molecule has 3 N–H and O–H groups in total. The zero-order chi connectivity index (χ0) is 10.4. The van der Waals surface area contributed by atoms with E-state index in [1.807, 2.05) is 6.07 Å². The highest BCUT2D eigenvalue weighted by atomic mass is 79.9. The number of amidine groups is 1. The Morgan fingerprint density at radius 1 is 1.57 bits per heavy atom. The normalized spacial score (nSPS) is 9.79. The molecule has 76 valence electrons. The monoisotopic (exact) mass is 257 g/mol. The number of hydrogen-bond donors (Lipinski definition) is 2. The van der Waals surface area contributed by atoms with Gasteiger partial charge >= 0.3 is 0 Å². The summed E-state index contributed by atoms with van der Waals surface area (Å²) >= 11 is 3.30. The van der Waals surface area contributed by atoms with Crippen molar-refractivity contribution in [2.45, 2.75) is 12.8 Å². The van der Waals surface area contributed by atoms with Gasteiger partial charge in [0.15, 0.2) is 0 Å². The molecule has 0 aliphatic rings. The highest BCUT2D eigenvalue weighted by molar-refractivity contribution is 9.10. The fraction of sp³-hybridized carbons (Fsp3) is 0.333. The van der Waals surface area contributed by atoms with Gasteiger partial charge in [-0.15, -0.1) is 0 Å². The van der Waals surface area contributed by atoms with E-state index in [2.05, 4.69) is 20.9 Å². The SMILES string of the molecule is N=C(N)CCCOc1cncc(Br)c1. The van der Waals surface area contributed by atoms with Gasteiger partial charge in [-0.25, -0.2) is 0 Å². The maximum atomic E-state index is 7.01. The van der Waals surface area contributed by atoms with E-state index >= 15 is 0 Å². The molecule has 0 atom stereocenters. The summed E-state index contributed by atoms with van der Waals surface area (Å²) in [6, 6.07) is 1.85. The highest BCUT2D eigenvalue weighted by Gasteiger charge is 1.96. The van der Waals surface area contributed by atoms with Crippen molar-refractivity contribution in [2.75, 3.05) is 6.61 Å². The van der Waals surface area contributed by atoms with Crippen LogP contribution in [0.15, 0.2) is 22.9 Å². The van der Waals surface area contributed by atoms with Gasteiger partial charge in [-0.05, 0) is 28.4 Å². The molecule has 0 aliphatic heterocycles. The summed E-state index contributed by atoms with van der Waals surface area (Å²) in [7, 11) is 0. The zero-order valence-corrected chi connectivity index (χ0v) is 9.25. The molecule has 0 saturated heterocycles. The molecule has 0 aromatic carbocycles. The van der Waals surface area contributed by atoms with Crippen LogP contribution in [0.5, 0.6) is 5.75 Å². The third kappa shape index (κ3) is 4.23. The minimum atomic E-state index is 0.195. The number of aromatic nitrogens is 1. The third-order valence-corrected chi connectivity index (χ3v) is 1.97. The predicted octanol–water partition coefficient (Wildman–Crippen LogP) is 1.94. The molecule has 1 heterocycles. The average molecular weight is 258 g/mol. The summed E-state index contributed by atoms with van der Waals surface area (Å²) in [6.07, 6.45) is 4.67. The maximum Gasteiger partial charge on any atom is 0.138 e. The van der Waals surface area contributed by atoms with Crippen LogP contribution in [0.1, 0.15) is 12.8 Å². The number of rotatable bonds is 5. The molecule has 0 radical (unpaired) electrons. The Bertz CT molecular complexity index is 317. The van der Waals surface area contributed by atoms with Crippen LogP contribution in [-0.2, 0) is 0 Å². The first-order chi connectivity index (χ1) is 6.68. The molecule has 14 heavy (non-hydrogen) atoms.